The highest BCUT2D eigenvalue weighted by molar-refractivity contribution is 8.02. The van der Waals surface area contributed by atoms with Crippen molar-refractivity contribution in [2.45, 2.75) is 16.1 Å². The van der Waals surface area contributed by atoms with Gasteiger partial charge in [0.05, 0.1) is 0 Å². The first-order valence-corrected chi connectivity index (χ1v) is 11.3. The first-order chi connectivity index (χ1) is 15.2. The molecule has 0 fully saturated rings. The predicted octanol–water partition coefficient (Wildman–Crippen LogP) is 5.76. The zero-order valence-corrected chi connectivity index (χ0v) is 18.0. The number of nitrogens with zero attached hydrogens (tertiary/aromatic N) is 2. The van der Waals surface area contributed by atoms with Crippen LogP contribution in [-0.2, 0) is 11.3 Å². The number of benzene rings is 3. The smallest absolute Gasteiger partial charge is 0.242 e. The zero-order valence-electron chi connectivity index (χ0n) is 16.4. The van der Waals surface area contributed by atoms with Gasteiger partial charge in [-0.15, -0.1) is 10.2 Å². The molecule has 1 heterocycles. The number of halogens is 1. The Morgan fingerprint density at radius 2 is 1.61 bits per heavy atom. The van der Waals surface area contributed by atoms with Crippen molar-refractivity contribution in [2.24, 2.45) is 0 Å². The molecule has 8 heteroatoms. The SMILES string of the molecule is O=C(Nc1ccc(F)cc1)[C@H](Sc1nnc(NCc2ccccc2)s1)c1ccccc1. The van der Waals surface area contributed by atoms with Gasteiger partial charge in [-0.3, -0.25) is 4.79 Å². The second kappa shape index (κ2) is 10.2. The van der Waals surface area contributed by atoms with E-state index < -0.39 is 5.25 Å². The van der Waals surface area contributed by atoms with E-state index in [9.17, 15) is 9.18 Å². The molecule has 1 atom stereocenters. The standard InChI is InChI=1S/C23H19FN4OS2/c24-18-11-13-19(14-12-18)26-21(29)20(17-9-5-2-6-10-17)30-23-28-27-22(31-23)25-15-16-7-3-1-4-8-16/h1-14,20H,15H2,(H,25,27)(H,26,29)/t20-/m1/s1. The Morgan fingerprint density at radius 3 is 2.32 bits per heavy atom. The second-order valence-electron chi connectivity index (χ2n) is 6.62. The van der Waals surface area contributed by atoms with Crippen LogP contribution in [0.5, 0.6) is 0 Å². The van der Waals surface area contributed by atoms with Crippen molar-refractivity contribution in [1.29, 1.82) is 0 Å². The van der Waals surface area contributed by atoms with Crippen LogP contribution in [0.4, 0.5) is 15.2 Å². The van der Waals surface area contributed by atoms with E-state index in [1.807, 2.05) is 60.7 Å². The quantitative estimate of drug-likeness (QED) is 0.334. The fourth-order valence-electron chi connectivity index (χ4n) is 2.84. The third-order valence-electron chi connectivity index (χ3n) is 4.36. The number of carbonyl (C=O) groups is 1. The van der Waals surface area contributed by atoms with Gasteiger partial charge in [0.1, 0.15) is 11.1 Å². The van der Waals surface area contributed by atoms with Crippen molar-refractivity contribution in [3.8, 4) is 0 Å². The summed E-state index contributed by atoms with van der Waals surface area (Å²) in [7, 11) is 0. The minimum absolute atomic E-state index is 0.211. The van der Waals surface area contributed by atoms with Gasteiger partial charge < -0.3 is 10.6 Å². The zero-order chi connectivity index (χ0) is 21.5. The van der Waals surface area contributed by atoms with Crippen molar-refractivity contribution in [1.82, 2.24) is 10.2 Å². The van der Waals surface area contributed by atoms with Crippen LogP contribution in [0.2, 0.25) is 0 Å². The van der Waals surface area contributed by atoms with Gasteiger partial charge in [-0.1, -0.05) is 83.8 Å². The monoisotopic (exact) mass is 450 g/mol. The Hall–Kier alpha value is -3.23. The molecule has 2 N–H and O–H groups in total. The molecular formula is C23H19FN4OS2. The largest absolute Gasteiger partial charge is 0.356 e. The number of nitrogens with one attached hydrogen (secondary N) is 2. The molecule has 0 unspecified atom stereocenters. The van der Waals surface area contributed by atoms with Crippen LogP contribution >= 0.6 is 23.1 Å². The van der Waals surface area contributed by atoms with E-state index in [-0.39, 0.29) is 11.7 Å². The molecule has 4 aromatic rings. The van der Waals surface area contributed by atoms with Crippen LogP contribution in [0.1, 0.15) is 16.4 Å². The Labute approximate surface area is 187 Å². The Morgan fingerprint density at radius 1 is 0.935 bits per heavy atom. The van der Waals surface area contributed by atoms with Crippen molar-refractivity contribution >= 4 is 39.8 Å². The fraction of sp³-hybridized carbons (Fsp3) is 0.0870. The van der Waals surface area contributed by atoms with E-state index in [1.54, 1.807) is 0 Å². The molecule has 5 nitrogen and oxygen atoms in total. The van der Waals surface area contributed by atoms with E-state index in [0.717, 1.165) is 11.1 Å². The summed E-state index contributed by atoms with van der Waals surface area (Å²) in [4.78, 5) is 13.0. The number of thioether (sulfide) groups is 1. The highest BCUT2D eigenvalue weighted by Crippen LogP contribution is 2.38. The van der Waals surface area contributed by atoms with E-state index in [1.165, 1.54) is 47.4 Å². The third kappa shape index (κ3) is 5.90. The minimum Gasteiger partial charge on any atom is -0.356 e. The van der Waals surface area contributed by atoms with E-state index in [2.05, 4.69) is 20.8 Å². The maximum Gasteiger partial charge on any atom is 0.242 e. The normalized spacial score (nSPS) is 11.6. The number of carbonyl (C=O) groups excluding carboxylic acids is 1. The summed E-state index contributed by atoms with van der Waals surface area (Å²) in [6.07, 6.45) is 0. The molecular weight excluding hydrogens is 431 g/mol. The fourth-order valence-corrected chi connectivity index (χ4v) is 4.78. The maximum atomic E-state index is 13.2. The van der Waals surface area contributed by atoms with Gasteiger partial charge in [-0.25, -0.2) is 4.39 Å². The topological polar surface area (TPSA) is 66.9 Å². The van der Waals surface area contributed by atoms with Crippen LogP contribution in [-0.4, -0.2) is 16.1 Å². The van der Waals surface area contributed by atoms with Gasteiger partial charge in [0.25, 0.3) is 0 Å². The van der Waals surface area contributed by atoms with E-state index in [4.69, 9.17) is 0 Å². The third-order valence-corrected chi connectivity index (χ3v) is 6.58. The van der Waals surface area contributed by atoms with Gasteiger partial charge in [-0.2, -0.15) is 0 Å². The van der Waals surface area contributed by atoms with Gasteiger partial charge in [0.15, 0.2) is 4.34 Å². The average Bonchev–Trinajstić information content (AvgIpc) is 3.26. The number of hydrogen-bond acceptors (Lipinski definition) is 6. The highest BCUT2D eigenvalue weighted by Gasteiger charge is 2.24. The van der Waals surface area contributed by atoms with Crippen LogP contribution < -0.4 is 10.6 Å². The molecule has 1 aromatic heterocycles. The molecule has 0 aliphatic carbocycles. The van der Waals surface area contributed by atoms with Crippen LogP contribution in [0.25, 0.3) is 0 Å². The molecule has 31 heavy (non-hydrogen) atoms. The number of amides is 1. The number of rotatable bonds is 8. The Kier molecular flexibility index (Phi) is 6.91. The molecule has 0 aliphatic rings. The van der Waals surface area contributed by atoms with Gasteiger partial charge in [-0.05, 0) is 35.4 Å². The van der Waals surface area contributed by atoms with E-state index >= 15 is 0 Å². The molecule has 0 saturated carbocycles. The Balaban J connectivity index is 1.47. The lowest BCUT2D eigenvalue weighted by Crippen LogP contribution is -2.19. The van der Waals surface area contributed by atoms with E-state index in [0.29, 0.717) is 21.7 Å². The van der Waals surface area contributed by atoms with Gasteiger partial charge in [0.2, 0.25) is 11.0 Å². The van der Waals surface area contributed by atoms with Gasteiger partial charge in [0, 0.05) is 12.2 Å². The van der Waals surface area contributed by atoms with Crippen LogP contribution in [0.15, 0.2) is 89.3 Å². The lowest BCUT2D eigenvalue weighted by molar-refractivity contribution is -0.115. The lowest BCUT2D eigenvalue weighted by Gasteiger charge is -2.15. The maximum absolute atomic E-state index is 13.2. The molecule has 1 amide bonds. The first kappa shape index (κ1) is 21.0. The molecule has 4 rings (SSSR count). The summed E-state index contributed by atoms with van der Waals surface area (Å²) in [5.74, 6) is -0.562. The minimum atomic E-state index is -0.527. The molecule has 0 radical (unpaired) electrons. The summed E-state index contributed by atoms with van der Waals surface area (Å²) >= 11 is 2.73. The summed E-state index contributed by atoms with van der Waals surface area (Å²) in [5, 5.41) is 14.7. The lowest BCUT2D eigenvalue weighted by atomic mass is 10.1. The molecule has 0 saturated heterocycles. The molecule has 0 aliphatic heterocycles. The molecule has 3 aromatic carbocycles. The van der Waals surface area contributed by atoms with Crippen molar-refractivity contribution in [3.63, 3.8) is 0 Å². The summed E-state index contributed by atoms with van der Waals surface area (Å²) in [6, 6.07) is 25.2. The van der Waals surface area contributed by atoms with Crippen molar-refractivity contribution in [2.75, 3.05) is 10.6 Å². The molecule has 0 spiro atoms. The first-order valence-electron chi connectivity index (χ1n) is 9.57. The number of anilines is 2. The average molecular weight is 451 g/mol. The molecule has 0 bridgehead atoms. The van der Waals surface area contributed by atoms with Crippen molar-refractivity contribution in [3.05, 3.63) is 102 Å². The van der Waals surface area contributed by atoms with Crippen LogP contribution in [0, 0.1) is 5.82 Å². The Bertz CT molecular complexity index is 1120. The summed E-state index contributed by atoms with van der Waals surface area (Å²) in [6.45, 7) is 0.646. The van der Waals surface area contributed by atoms with Gasteiger partial charge >= 0.3 is 0 Å². The highest BCUT2D eigenvalue weighted by atomic mass is 32.2. The summed E-state index contributed by atoms with van der Waals surface area (Å²) < 4.78 is 13.9. The number of aromatic nitrogens is 2. The summed E-state index contributed by atoms with van der Waals surface area (Å²) in [5.41, 5.74) is 2.53. The predicted molar refractivity (Wildman–Crippen MR) is 124 cm³/mol. The number of hydrogen-bond donors (Lipinski definition) is 2. The molecule has 156 valence electrons. The van der Waals surface area contributed by atoms with Crippen LogP contribution in [0.3, 0.4) is 0 Å². The van der Waals surface area contributed by atoms with Crippen molar-refractivity contribution < 1.29 is 9.18 Å². The second-order valence-corrected chi connectivity index (χ2v) is 8.95.